The van der Waals surface area contributed by atoms with Crippen LogP contribution in [0.25, 0.3) is 11.2 Å². The topological polar surface area (TPSA) is 100 Å². The van der Waals surface area contributed by atoms with Crippen molar-refractivity contribution in [1.82, 2.24) is 24.8 Å². The summed E-state index contributed by atoms with van der Waals surface area (Å²) in [7, 11) is 1.63. The fourth-order valence-electron chi connectivity index (χ4n) is 4.07. The van der Waals surface area contributed by atoms with Gasteiger partial charge < -0.3 is 20.5 Å². The summed E-state index contributed by atoms with van der Waals surface area (Å²) in [6.07, 6.45) is 13.5. The number of ether oxygens (including phenoxy) is 2. The minimum Gasteiger partial charge on any atom is -0.468 e. The highest BCUT2D eigenvalue weighted by Crippen LogP contribution is 2.26. The van der Waals surface area contributed by atoms with Gasteiger partial charge in [-0.25, -0.2) is 0 Å². The zero-order valence-corrected chi connectivity index (χ0v) is 18.7. The second-order valence-electron chi connectivity index (χ2n) is 8.22. The Morgan fingerprint density at radius 2 is 1.93 bits per heavy atom. The van der Waals surface area contributed by atoms with Crippen molar-refractivity contribution in [3.8, 4) is 12.0 Å². The van der Waals surface area contributed by atoms with Gasteiger partial charge in [0, 0.05) is 12.6 Å². The standard InChI is InChI=1S/C22H38N6O2/c1-3-4-16-30-21-26-19(23)18-20(27-21)28(22(25-18)29-2)15-11-7-9-13-17-12-8-5-6-10-14-24-17/h17,24H,3-16H2,1-2H3,(H2,23,26,27). The van der Waals surface area contributed by atoms with E-state index in [0.717, 1.165) is 25.8 Å². The van der Waals surface area contributed by atoms with Crippen LogP contribution in [-0.2, 0) is 6.54 Å². The van der Waals surface area contributed by atoms with Crippen LogP contribution in [0.15, 0.2) is 0 Å². The van der Waals surface area contributed by atoms with Crippen molar-refractivity contribution >= 4 is 17.0 Å². The van der Waals surface area contributed by atoms with Crippen molar-refractivity contribution in [3.05, 3.63) is 0 Å². The van der Waals surface area contributed by atoms with Crippen molar-refractivity contribution in [2.24, 2.45) is 0 Å². The first-order valence-corrected chi connectivity index (χ1v) is 11.7. The summed E-state index contributed by atoms with van der Waals surface area (Å²) < 4.78 is 13.1. The van der Waals surface area contributed by atoms with E-state index in [1.165, 1.54) is 57.9 Å². The molecule has 30 heavy (non-hydrogen) atoms. The fraction of sp³-hybridized carbons (Fsp3) is 0.773. The Morgan fingerprint density at radius 1 is 1.07 bits per heavy atom. The van der Waals surface area contributed by atoms with Gasteiger partial charge in [-0.1, -0.05) is 45.4 Å². The number of hydrogen-bond acceptors (Lipinski definition) is 7. The highest BCUT2D eigenvalue weighted by Gasteiger charge is 2.18. The monoisotopic (exact) mass is 418 g/mol. The number of anilines is 1. The molecule has 1 fully saturated rings. The number of aryl methyl sites for hydroxylation is 1. The molecule has 0 radical (unpaired) electrons. The Bertz CT molecular complexity index is 771. The molecule has 3 N–H and O–H groups in total. The number of hydrogen-bond donors (Lipinski definition) is 2. The van der Waals surface area contributed by atoms with Crippen LogP contribution in [0.4, 0.5) is 5.82 Å². The normalized spacial score (nSPS) is 17.6. The van der Waals surface area contributed by atoms with E-state index >= 15 is 0 Å². The minimum atomic E-state index is 0.313. The molecular weight excluding hydrogens is 380 g/mol. The van der Waals surface area contributed by atoms with Crippen LogP contribution >= 0.6 is 0 Å². The molecule has 0 aliphatic carbocycles. The van der Waals surface area contributed by atoms with Crippen LogP contribution in [0.3, 0.4) is 0 Å². The van der Waals surface area contributed by atoms with Gasteiger partial charge in [0.15, 0.2) is 17.0 Å². The molecule has 0 bridgehead atoms. The van der Waals surface area contributed by atoms with E-state index in [1.54, 1.807) is 7.11 Å². The van der Waals surface area contributed by atoms with Crippen molar-refractivity contribution in [1.29, 1.82) is 0 Å². The zero-order valence-electron chi connectivity index (χ0n) is 18.7. The molecule has 168 valence electrons. The summed E-state index contributed by atoms with van der Waals surface area (Å²) in [5.74, 6) is 0.332. The molecule has 8 heteroatoms. The zero-order chi connectivity index (χ0) is 21.2. The summed E-state index contributed by atoms with van der Waals surface area (Å²) in [6.45, 7) is 4.67. The van der Waals surface area contributed by atoms with E-state index in [4.69, 9.17) is 15.2 Å². The number of nitrogens with two attached hydrogens (primary N) is 1. The molecule has 0 spiro atoms. The van der Waals surface area contributed by atoms with Crippen molar-refractivity contribution in [3.63, 3.8) is 0 Å². The second kappa shape index (κ2) is 11.9. The second-order valence-corrected chi connectivity index (χ2v) is 8.22. The van der Waals surface area contributed by atoms with Gasteiger partial charge in [-0.2, -0.15) is 15.0 Å². The lowest BCUT2D eigenvalue weighted by Crippen LogP contribution is -2.31. The average molecular weight is 419 g/mol. The largest absolute Gasteiger partial charge is 0.468 e. The SMILES string of the molecule is CCCCOc1nc(N)c2nc(OC)n(CCCCCC3CCCCCCN3)c2n1. The minimum absolute atomic E-state index is 0.313. The third-order valence-corrected chi connectivity index (χ3v) is 5.82. The van der Waals surface area contributed by atoms with E-state index in [2.05, 4.69) is 27.2 Å². The Kier molecular flexibility index (Phi) is 8.99. The lowest BCUT2D eigenvalue weighted by Gasteiger charge is -2.21. The molecular formula is C22H38N6O2. The van der Waals surface area contributed by atoms with Crippen LogP contribution in [0.5, 0.6) is 12.0 Å². The van der Waals surface area contributed by atoms with Crippen LogP contribution in [0.1, 0.15) is 77.6 Å². The van der Waals surface area contributed by atoms with Gasteiger partial charge in [0.05, 0.1) is 13.7 Å². The van der Waals surface area contributed by atoms with E-state index < -0.39 is 0 Å². The highest BCUT2D eigenvalue weighted by molar-refractivity contribution is 5.83. The molecule has 0 aromatic carbocycles. The van der Waals surface area contributed by atoms with Crippen LogP contribution < -0.4 is 20.5 Å². The summed E-state index contributed by atoms with van der Waals surface area (Å²) in [6, 6.07) is 1.52. The average Bonchev–Trinajstić information content (AvgIpc) is 3.07. The number of nitrogen functional groups attached to an aromatic ring is 1. The van der Waals surface area contributed by atoms with Gasteiger partial charge in [-0.3, -0.25) is 4.57 Å². The maximum absolute atomic E-state index is 6.11. The van der Waals surface area contributed by atoms with E-state index in [-0.39, 0.29) is 0 Å². The van der Waals surface area contributed by atoms with Gasteiger partial charge in [-0.15, -0.1) is 0 Å². The number of aromatic nitrogens is 4. The maximum Gasteiger partial charge on any atom is 0.320 e. The Balaban J connectivity index is 1.57. The fourth-order valence-corrected chi connectivity index (χ4v) is 4.07. The number of nitrogens with zero attached hydrogens (tertiary/aromatic N) is 4. The van der Waals surface area contributed by atoms with Gasteiger partial charge in [-0.05, 0) is 38.6 Å². The molecule has 1 aliphatic heterocycles. The predicted molar refractivity (Wildman–Crippen MR) is 120 cm³/mol. The number of imidazole rings is 1. The molecule has 1 aliphatic rings. The van der Waals surface area contributed by atoms with E-state index in [0.29, 0.717) is 41.7 Å². The van der Waals surface area contributed by atoms with Gasteiger partial charge in [0.2, 0.25) is 0 Å². The van der Waals surface area contributed by atoms with Crippen LogP contribution in [0, 0.1) is 0 Å². The third kappa shape index (κ3) is 6.20. The first-order valence-electron chi connectivity index (χ1n) is 11.7. The summed E-state index contributed by atoms with van der Waals surface area (Å²) in [5, 5.41) is 3.72. The first-order chi connectivity index (χ1) is 14.7. The van der Waals surface area contributed by atoms with Gasteiger partial charge in [0.1, 0.15) is 0 Å². The Labute approximate surface area is 180 Å². The lowest BCUT2D eigenvalue weighted by atomic mass is 9.99. The summed E-state index contributed by atoms with van der Waals surface area (Å²) in [4.78, 5) is 13.3. The highest BCUT2D eigenvalue weighted by atomic mass is 16.5. The van der Waals surface area contributed by atoms with Crippen molar-refractivity contribution in [2.45, 2.75) is 90.1 Å². The molecule has 3 rings (SSSR count). The summed E-state index contributed by atoms with van der Waals surface area (Å²) in [5.41, 5.74) is 7.38. The molecule has 1 atom stereocenters. The van der Waals surface area contributed by atoms with Crippen LogP contribution in [-0.4, -0.2) is 45.8 Å². The van der Waals surface area contributed by atoms with Crippen molar-refractivity contribution in [2.75, 3.05) is 26.0 Å². The molecule has 1 unspecified atom stereocenters. The smallest absolute Gasteiger partial charge is 0.320 e. The van der Waals surface area contributed by atoms with Gasteiger partial charge >= 0.3 is 6.01 Å². The van der Waals surface area contributed by atoms with Crippen LogP contribution in [0.2, 0.25) is 0 Å². The first kappa shape index (κ1) is 22.6. The molecule has 8 nitrogen and oxygen atoms in total. The van der Waals surface area contributed by atoms with Crippen molar-refractivity contribution < 1.29 is 9.47 Å². The third-order valence-electron chi connectivity index (χ3n) is 5.82. The molecule has 0 saturated carbocycles. The molecule has 3 heterocycles. The predicted octanol–water partition coefficient (Wildman–Crippen LogP) is 4.08. The van der Waals surface area contributed by atoms with E-state index in [9.17, 15) is 0 Å². The number of methoxy groups -OCH3 is 1. The molecule has 2 aromatic rings. The lowest BCUT2D eigenvalue weighted by molar-refractivity contribution is 0.286. The number of unbranched alkanes of at least 4 members (excludes halogenated alkanes) is 3. The van der Waals surface area contributed by atoms with E-state index in [1.807, 2.05) is 4.57 Å². The van der Waals surface area contributed by atoms with Gasteiger partial charge in [0.25, 0.3) is 6.01 Å². The number of nitrogens with one attached hydrogen (secondary N) is 1. The molecule has 1 saturated heterocycles. The number of fused-ring (bicyclic) bond motifs is 1. The molecule has 2 aromatic heterocycles. The molecule has 0 amide bonds. The maximum atomic E-state index is 6.11. The number of rotatable bonds is 11. The Morgan fingerprint density at radius 3 is 2.77 bits per heavy atom. The summed E-state index contributed by atoms with van der Waals surface area (Å²) >= 11 is 0. The quantitative estimate of drug-likeness (QED) is 0.530. The Hall–Kier alpha value is -2.09.